The number of ether oxygens (including phenoxy) is 1. The van der Waals surface area contributed by atoms with Crippen LogP contribution in [0, 0.1) is 5.41 Å². The third-order valence-corrected chi connectivity index (χ3v) is 4.14. The molecule has 0 aromatic carbocycles. The Balaban J connectivity index is 1.76. The Morgan fingerprint density at radius 2 is 2.23 bits per heavy atom. The summed E-state index contributed by atoms with van der Waals surface area (Å²) in [6, 6.07) is 0. The van der Waals surface area contributed by atoms with E-state index in [1.165, 1.54) is 6.33 Å². The molecule has 1 aliphatic rings. The molecule has 5 N–H and O–H groups in total. The Kier molecular flexibility index (Phi) is 3.56. The SMILES string of the molecule is Nc1nc2c(ncn2CC2(COCP(=O)(O)O)CC2)c(=O)[nH]1. The van der Waals surface area contributed by atoms with E-state index in [2.05, 4.69) is 15.0 Å². The van der Waals surface area contributed by atoms with E-state index >= 15 is 0 Å². The van der Waals surface area contributed by atoms with Crippen molar-refractivity contribution in [1.82, 2.24) is 19.5 Å². The van der Waals surface area contributed by atoms with Gasteiger partial charge in [-0.25, -0.2) is 4.98 Å². The summed E-state index contributed by atoms with van der Waals surface area (Å²) in [6.07, 6.45) is 2.65. The van der Waals surface area contributed by atoms with Gasteiger partial charge in [-0.15, -0.1) is 0 Å². The molecule has 2 aromatic rings. The molecular formula is C11H16N5O5P. The van der Waals surface area contributed by atoms with Crippen molar-refractivity contribution in [3.8, 4) is 0 Å². The number of H-pyrrole nitrogens is 1. The van der Waals surface area contributed by atoms with Gasteiger partial charge in [-0.05, 0) is 12.8 Å². The van der Waals surface area contributed by atoms with E-state index in [9.17, 15) is 9.36 Å². The van der Waals surface area contributed by atoms with Crippen LogP contribution in [0.1, 0.15) is 12.8 Å². The summed E-state index contributed by atoms with van der Waals surface area (Å²) in [6.45, 7) is 0.733. The quantitative estimate of drug-likeness (QED) is 0.523. The molecule has 2 aromatic heterocycles. The maximum atomic E-state index is 11.7. The smallest absolute Gasteiger partial charge is 0.350 e. The highest BCUT2D eigenvalue weighted by Gasteiger charge is 2.44. The summed E-state index contributed by atoms with van der Waals surface area (Å²) in [7, 11) is -4.16. The number of nitrogens with one attached hydrogen (secondary N) is 1. The molecule has 120 valence electrons. The molecule has 0 saturated heterocycles. The van der Waals surface area contributed by atoms with E-state index in [4.69, 9.17) is 20.3 Å². The van der Waals surface area contributed by atoms with Crippen LogP contribution in [0.15, 0.2) is 11.1 Å². The predicted octanol–water partition coefficient (Wildman–Crippen LogP) is -0.366. The van der Waals surface area contributed by atoms with Crippen molar-refractivity contribution >= 4 is 24.7 Å². The van der Waals surface area contributed by atoms with Crippen LogP contribution in [0.2, 0.25) is 0 Å². The van der Waals surface area contributed by atoms with Crippen molar-refractivity contribution in [2.45, 2.75) is 19.4 Å². The summed E-state index contributed by atoms with van der Waals surface area (Å²) >= 11 is 0. The van der Waals surface area contributed by atoms with Gasteiger partial charge >= 0.3 is 7.60 Å². The van der Waals surface area contributed by atoms with Gasteiger partial charge in [0.25, 0.3) is 5.56 Å². The van der Waals surface area contributed by atoms with Crippen LogP contribution in [0.4, 0.5) is 5.95 Å². The number of rotatable bonds is 6. The Labute approximate surface area is 124 Å². The van der Waals surface area contributed by atoms with Crippen molar-refractivity contribution in [1.29, 1.82) is 0 Å². The monoisotopic (exact) mass is 329 g/mol. The highest BCUT2D eigenvalue weighted by atomic mass is 31.2. The van der Waals surface area contributed by atoms with Gasteiger partial charge in [0.05, 0.1) is 12.9 Å². The van der Waals surface area contributed by atoms with Crippen LogP contribution in [0.5, 0.6) is 0 Å². The fourth-order valence-electron chi connectivity index (χ4n) is 2.35. The minimum Gasteiger partial charge on any atom is -0.369 e. The molecule has 0 bridgehead atoms. The minimum atomic E-state index is -4.16. The third kappa shape index (κ3) is 3.20. The van der Waals surface area contributed by atoms with Crippen LogP contribution < -0.4 is 11.3 Å². The van der Waals surface area contributed by atoms with Gasteiger partial charge in [0.1, 0.15) is 6.35 Å². The Morgan fingerprint density at radius 3 is 2.86 bits per heavy atom. The number of aromatic amines is 1. The van der Waals surface area contributed by atoms with Crippen LogP contribution >= 0.6 is 7.60 Å². The van der Waals surface area contributed by atoms with Crippen molar-refractivity contribution in [3.05, 3.63) is 16.7 Å². The zero-order chi connectivity index (χ0) is 16.0. The molecule has 2 heterocycles. The molecule has 0 radical (unpaired) electrons. The fourth-order valence-corrected chi connectivity index (χ4v) is 2.68. The lowest BCUT2D eigenvalue weighted by molar-refractivity contribution is 0.104. The molecule has 1 aliphatic carbocycles. The highest BCUT2D eigenvalue weighted by Crippen LogP contribution is 2.48. The van der Waals surface area contributed by atoms with Crippen molar-refractivity contribution < 1.29 is 19.1 Å². The summed E-state index contributed by atoms with van der Waals surface area (Å²) in [4.78, 5) is 39.8. The fraction of sp³-hybridized carbons (Fsp3) is 0.545. The lowest BCUT2D eigenvalue weighted by Crippen LogP contribution is -2.19. The molecule has 0 atom stereocenters. The molecule has 0 spiro atoms. The van der Waals surface area contributed by atoms with E-state index in [0.717, 1.165) is 12.8 Å². The first-order valence-corrected chi connectivity index (χ1v) is 8.41. The van der Waals surface area contributed by atoms with Gasteiger partial charge in [0.15, 0.2) is 11.2 Å². The molecule has 11 heteroatoms. The van der Waals surface area contributed by atoms with Crippen LogP contribution in [-0.4, -0.2) is 42.3 Å². The topological polar surface area (TPSA) is 156 Å². The van der Waals surface area contributed by atoms with E-state index in [0.29, 0.717) is 12.2 Å². The number of nitrogen functional groups attached to an aromatic ring is 1. The van der Waals surface area contributed by atoms with E-state index < -0.39 is 19.5 Å². The van der Waals surface area contributed by atoms with Crippen molar-refractivity contribution in [2.75, 3.05) is 18.7 Å². The number of fused-ring (bicyclic) bond motifs is 1. The van der Waals surface area contributed by atoms with Gasteiger partial charge in [-0.3, -0.25) is 14.3 Å². The molecular weight excluding hydrogens is 313 g/mol. The molecule has 0 unspecified atom stereocenters. The third-order valence-electron chi connectivity index (χ3n) is 3.62. The second kappa shape index (κ2) is 5.17. The second-order valence-electron chi connectivity index (χ2n) is 5.64. The van der Waals surface area contributed by atoms with E-state index in [-0.39, 0.29) is 23.5 Å². The molecule has 0 amide bonds. The number of imidazole rings is 1. The first kappa shape index (κ1) is 15.2. The lowest BCUT2D eigenvalue weighted by Gasteiger charge is -2.16. The summed E-state index contributed by atoms with van der Waals surface area (Å²) < 4.78 is 17.6. The lowest BCUT2D eigenvalue weighted by atomic mass is 10.1. The van der Waals surface area contributed by atoms with Crippen LogP contribution in [0.25, 0.3) is 11.2 Å². The molecule has 10 nitrogen and oxygen atoms in total. The summed E-state index contributed by atoms with van der Waals surface area (Å²) in [5.41, 5.74) is 5.54. The maximum Gasteiger partial charge on any atom is 0.350 e. The molecule has 22 heavy (non-hydrogen) atoms. The summed E-state index contributed by atoms with van der Waals surface area (Å²) in [5.74, 6) is 0.0156. The highest BCUT2D eigenvalue weighted by molar-refractivity contribution is 7.51. The first-order chi connectivity index (χ1) is 10.3. The van der Waals surface area contributed by atoms with Gasteiger partial charge in [-0.1, -0.05) is 0 Å². The number of aromatic nitrogens is 4. The number of nitrogens with zero attached hydrogens (tertiary/aromatic N) is 3. The van der Waals surface area contributed by atoms with Crippen LogP contribution in [-0.2, 0) is 15.8 Å². The number of hydrogen-bond acceptors (Lipinski definition) is 6. The van der Waals surface area contributed by atoms with Gasteiger partial charge in [-0.2, -0.15) is 4.98 Å². The summed E-state index contributed by atoms with van der Waals surface area (Å²) in [5, 5.41) is 0. The Morgan fingerprint density at radius 1 is 1.50 bits per heavy atom. The van der Waals surface area contributed by atoms with E-state index in [1.807, 2.05) is 0 Å². The zero-order valence-corrected chi connectivity index (χ0v) is 12.5. The molecule has 3 rings (SSSR count). The van der Waals surface area contributed by atoms with Crippen LogP contribution in [0.3, 0.4) is 0 Å². The Bertz CT molecular complexity index is 805. The first-order valence-electron chi connectivity index (χ1n) is 6.61. The normalized spacial score (nSPS) is 17.0. The average molecular weight is 329 g/mol. The van der Waals surface area contributed by atoms with Gasteiger partial charge in [0.2, 0.25) is 5.95 Å². The van der Waals surface area contributed by atoms with Crippen molar-refractivity contribution in [2.24, 2.45) is 5.41 Å². The Hall–Kier alpha value is -1.74. The molecule has 1 saturated carbocycles. The van der Waals surface area contributed by atoms with E-state index in [1.54, 1.807) is 4.57 Å². The predicted molar refractivity (Wildman–Crippen MR) is 77.1 cm³/mol. The minimum absolute atomic E-state index is 0.0156. The zero-order valence-electron chi connectivity index (χ0n) is 11.6. The number of anilines is 1. The number of hydrogen-bond donors (Lipinski definition) is 4. The van der Waals surface area contributed by atoms with Gasteiger partial charge in [0, 0.05) is 12.0 Å². The average Bonchev–Trinajstić information content (AvgIpc) is 3.02. The largest absolute Gasteiger partial charge is 0.369 e. The maximum absolute atomic E-state index is 11.7. The van der Waals surface area contributed by atoms with Gasteiger partial charge < -0.3 is 24.8 Å². The standard InChI is InChI=1S/C11H16N5O5P/c12-10-14-8-7(9(17)15-10)13-5-16(8)3-11(1-2-11)4-21-6-22(18,19)20/h5H,1-4,6H2,(H2,18,19,20)(H3,12,14,15,17). The van der Waals surface area contributed by atoms with Crippen molar-refractivity contribution in [3.63, 3.8) is 0 Å². The molecule has 1 fully saturated rings. The number of nitrogens with two attached hydrogens (primary N) is 1. The molecule has 0 aliphatic heterocycles. The second-order valence-corrected chi connectivity index (χ2v) is 7.23.